The Labute approximate surface area is 161 Å². The molecule has 0 bridgehead atoms. The number of carboxylic acid groups (broad SMARTS) is 1. The lowest BCUT2D eigenvalue weighted by molar-refractivity contribution is -0.136. The number of nitrogens with zero attached hydrogens (tertiary/aromatic N) is 2. The summed E-state index contributed by atoms with van der Waals surface area (Å²) in [6, 6.07) is -0.844. The molecule has 1 aliphatic carbocycles. The van der Waals surface area contributed by atoms with Crippen LogP contribution in [0.3, 0.4) is 0 Å². The van der Waals surface area contributed by atoms with Crippen molar-refractivity contribution in [1.29, 1.82) is 0 Å². The Hall–Kier alpha value is -2.82. The van der Waals surface area contributed by atoms with E-state index in [-0.39, 0.29) is 13.1 Å². The van der Waals surface area contributed by atoms with Crippen molar-refractivity contribution in [2.24, 2.45) is 5.73 Å². The van der Waals surface area contributed by atoms with Gasteiger partial charge < -0.3 is 26.0 Å². The number of aromatic nitrogens is 1. The summed E-state index contributed by atoms with van der Waals surface area (Å²) in [5, 5.41) is 8.55. The molecule has 2 heterocycles. The van der Waals surface area contributed by atoms with Crippen molar-refractivity contribution in [2.75, 3.05) is 23.7 Å². The Morgan fingerprint density at radius 3 is 2.38 bits per heavy atom. The summed E-state index contributed by atoms with van der Waals surface area (Å²) >= 11 is 0. The number of rotatable bonds is 3. The minimum atomic E-state index is -5.01. The predicted molar refractivity (Wildman–Crippen MR) is 97.6 cm³/mol. The van der Waals surface area contributed by atoms with Crippen molar-refractivity contribution < 1.29 is 27.5 Å². The standard InChI is InChI=1S/C18H18F4N4O3/c19-12-13(24)10-14(26(8-1-2-8)6-9(16(10)27)17(28)29)11(18(20,21)22)15(12)25-4-3-7(23)5-25/h6-8H,1-5,23-24H2,(H,28,29). The number of carbonyl (C=O) groups is 1. The van der Waals surface area contributed by atoms with Crippen molar-refractivity contribution in [3.05, 3.63) is 33.4 Å². The summed E-state index contributed by atoms with van der Waals surface area (Å²) in [6.45, 7) is 0.110. The molecule has 1 aromatic heterocycles. The van der Waals surface area contributed by atoms with Gasteiger partial charge in [0.2, 0.25) is 5.43 Å². The van der Waals surface area contributed by atoms with Gasteiger partial charge in [-0.25, -0.2) is 9.18 Å². The summed E-state index contributed by atoms with van der Waals surface area (Å²) in [5.74, 6) is -3.00. The van der Waals surface area contributed by atoms with E-state index in [9.17, 15) is 27.9 Å². The fourth-order valence-electron chi connectivity index (χ4n) is 3.95. The molecular weight excluding hydrogens is 396 g/mol. The third kappa shape index (κ3) is 3.00. The lowest BCUT2D eigenvalue weighted by Gasteiger charge is -2.27. The lowest BCUT2D eigenvalue weighted by Crippen LogP contribution is -2.31. The molecule has 7 nitrogen and oxygen atoms in total. The van der Waals surface area contributed by atoms with Gasteiger partial charge in [-0.1, -0.05) is 0 Å². The molecule has 156 valence electrons. The van der Waals surface area contributed by atoms with Gasteiger partial charge in [0.25, 0.3) is 0 Å². The van der Waals surface area contributed by atoms with Crippen LogP contribution in [-0.4, -0.2) is 34.8 Å². The van der Waals surface area contributed by atoms with Crippen LogP contribution in [0.5, 0.6) is 0 Å². The number of hydrogen-bond donors (Lipinski definition) is 3. The van der Waals surface area contributed by atoms with Crippen LogP contribution in [0.25, 0.3) is 10.9 Å². The van der Waals surface area contributed by atoms with Crippen molar-refractivity contribution in [3.63, 3.8) is 0 Å². The first-order valence-electron chi connectivity index (χ1n) is 9.03. The zero-order valence-corrected chi connectivity index (χ0v) is 15.1. The maximum Gasteiger partial charge on any atom is 0.420 e. The highest BCUT2D eigenvalue weighted by Gasteiger charge is 2.44. The highest BCUT2D eigenvalue weighted by Crippen LogP contribution is 2.48. The summed E-state index contributed by atoms with van der Waals surface area (Å²) < 4.78 is 58.9. The number of alkyl halides is 3. The second-order valence-corrected chi connectivity index (χ2v) is 7.48. The van der Waals surface area contributed by atoms with Gasteiger partial charge in [-0.15, -0.1) is 0 Å². The molecule has 1 saturated carbocycles. The minimum Gasteiger partial charge on any atom is -0.477 e. The number of anilines is 2. The Balaban J connectivity index is 2.20. The minimum absolute atomic E-state index is 0.00577. The molecule has 5 N–H and O–H groups in total. The van der Waals surface area contributed by atoms with Gasteiger partial charge in [-0.2, -0.15) is 13.2 Å². The van der Waals surface area contributed by atoms with Crippen molar-refractivity contribution in [3.8, 4) is 0 Å². The van der Waals surface area contributed by atoms with Crippen LogP contribution in [0.2, 0.25) is 0 Å². The SMILES string of the molecule is Nc1c(F)c(N2CCC(N)C2)c(C(F)(F)F)c2c1c(=O)c(C(=O)O)cn2C1CC1. The smallest absolute Gasteiger partial charge is 0.420 e. The summed E-state index contributed by atoms with van der Waals surface area (Å²) in [6.07, 6.45) is -2.72. The van der Waals surface area contributed by atoms with Crippen LogP contribution in [0.4, 0.5) is 28.9 Å². The number of carboxylic acids is 1. The second-order valence-electron chi connectivity index (χ2n) is 7.48. The molecule has 2 aliphatic rings. The van der Waals surface area contributed by atoms with Crippen LogP contribution in [0, 0.1) is 5.82 Å². The predicted octanol–water partition coefficient (Wildman–Crippen LogP) is 2.31. The Bertz CT molecular complexity index is 1090. The van der Waals surface area contributed by atoms with Crippen LogP contribution < -0.4 is 21.8 Å². The van der Waals surface area contributed by atoms with E-state index in [1.807, 2.05) is 0 Å². The number of aromatic carboxylic acids is 1. The Morgan fingerprint density at radius 2 is 1.90 bits per heavy atom. The molecule has 1 unspecified atom stereocenters. The van der Waals surface area contributed by atoms with Gasteiger partial charge in [0.05, 0.1) is 22.3 Å². The fourth-order valence-corrected chi connectivity index (χ4v) is 3.95. The van der Waals surface area contributed by atoms with Gasteiger partial charge in [0.15, 0.2) is 5.82 Å². The molecule has 4 rings (SSSR count). The zero-order valence-electron chi connectivity index (χ0n) is 15.1. The average molecular weight is 414 g/mol. The Kier molecular flexibility index (Phi) is 4.26. The number of halogens is 4. The Morgan fingerprint density at radius 1 is 1.24 bits per heavy atom. The van der Waals surface area contributed by atoms with Crippen molar-refractivity contribution >= 4 is 28.2 Å². The molecule has 1 aromatic carbocycles. The topological polar surface area (TPSA) is 115 Å². The zero-order chi connectivity index (χ0) is 21.2. The molecule has 0 spiro atoms. The van der Waals surface area contributed by atoms with E-state index in [4.69, 9.17) is 11.5 Å². The molecule has 11 heteroatoms. The number of benzene rings is 1. The van der Waals surface area contributed by atoms with Crippen LogP contribution in [-0.2, 0) is 6.18 Å². The van der Waals surface area contributed by atoms with Crippen LogP contribution >= 0.6 is 0 Å². The molecule has 29 heavy (non-hydrogen) atoms. The van der Waals surface area contributed by atoms with E-state index < -0.39 is 68.9 Å². The van der Waals surface area contributed by atoms with Gasteiger partial charge in [0.1, 0.15) is 11.1 Å². The maximum atomic E-state index is 15.2. The molecule has 1 aliphatic heterocycles. The first kappa shape index (κ1) is 19.5. The summed E-state index contributed by atoms with van der Waals surface area (Å²) in [5.41, 5.74) is 6.15. The first-order valence-corrected chi connectivity index (χ1v) is 9.03. The van der Waals surface area contributed by atoms with Crippen LogP contribution in [0.15, 0.2) is 11.0 Å². The maximum absolute atomic E-state index is 15.2. The highest BCUT2D eigenvalue weighted by molar-refractivity contribution is 6.01. The van der Waals surface area contributed by atoms with E-state index in [0.717, 1.165) is 10.8 Å². The number of fused-ring (bicyclic) bond motifs is 1. The van der Waals surface area contributed by atoms with Gasteiger partial charge >= 0.3 is 12.1 Å². The van der Waals surface area contributed by atoms with Crippen LogP contribution in [0.1, 0.15) is 41.2 Å². The molecule has 2 fully saturated rings. The molecule has 0 radical (unpaired) electrons. The molecule has 1 atom stereocenters. The third-order valence-corrected chi connectivity index (χ3v) is 5.42. The van der Waals surface area contributed by atoms with E-state index >= 15 is 4.39 Å². The van der Waals surface area contributed by atoms with E-state index in [1.54, 1.807) is 0 Å². The third-order valence-electron chi connectivity index (χ3n) is 5.42. The van der Waals surface area contributed by atoms with Gasteiger partial charge in [-0.3, -0.25) is 4.79 Å². The normalized spacial score (nSPS) is 19.9. The fraction of sp³-hybridized carbons (Fsp3) is 0.444. The molecular formula is C18H18F4N4O3. The molecule has 1 saturated heterocycles. The number of hydrogen-bond acceptors (Lipinski definition) is 5. The largest absolute Gasteiger partial charge is 0.477 e. The first-order chi connectivity index (χ1) is 13.5. The van der Waals surface area contributed by atoms with Crippen molar-refractivity contribution in [2.45, 2.75) is 37.5 Å². The lowest BCUT2D eigenvalue weighted by atomic mass is 10.0. The molecule has 2 aromatic rings. The van der Waals surface area contributed by atoms with Gasteiger partial charge in [-0.05, 0) is 19.3 Å². The number of pyridine rings is 1. The van der Waals surface area contributed by atoms with E-state index in [2.05, 4.69) is 0 Å². The van der Waals surface area contributed by atoms with Gasteiger partial charge in [0, 0.05) is 31.4 Å². The quantitative estimate of drug-likeness (QED) is 0.525. The van der Waals surface area contributed by atoms with E-state index in [1.165, 1.54) is 4.90 Å². The summed E-state index contributed by atoms with van der Waals surface area (Å²) in [7, 11) is 0. The molecule has 0 amide bonds. The average Bonchev–Trinajstić information content (AvgIpc) is 3.37. The highest BCUT2D eigenvalue weighted by atomic mass is 19.4. The monoisotopic (exact) mass is 414 g/mol. The number of nitrogens with two attached hydrogens (primary N) is 2. The second kappa shape index (κ2) is 6.34. The summed E-state index contributed by atoms with van der Waals surface area (Å²) in [4.78, 5) is 25.3. The van der Waals surface area contributed by atoms with Crippen molar-refractivity contribution in [1.82, 2.24) is 4.57 Å². The number of nitrogen functional groups attached to an aromatic ring is 1. The van der Waals surface area contributed by atoms with E-state index in [0.29, 0.717) is 19.3 Å².